The number of amides is 1. The molecular weight excluding hydrogens is 584 g/mol. The zero-order chi connectivity index (χ0) is 31.3. The van der Waals surface area contributed by atoms with E-state index in [1.165, 1.54) is 23.3 Å². The molecule has 244 valence electrons. The van der Waals surface area contributed by atoms with Crippen molar-refractivity contribution in [1.82, 2.24) is 19.8 Å². The summed E-state index contributed by atoms with van der Waals surface area (Å²) in [4.78, 5) is 29.9. The molecule has 3 fully saturated rings. The summed E-state index contributed by atoms with van der Waals surface area (Å²) in [5, 5.41) is 9.49. The lowest BCUT2D eigenvalue weighted by molar-refractivity contribution is 0.0356. The summed E-state index contributed by atoms with van der Waals surface area (Å²) in [5.74, 6) is 2.39. The van der Waals surface area contributed by atoms with Crippen LogP contribution in [0.5, 0.6) is 11.8 Å². The molecule has 1 aliphatic carbocycles. The van der Waals surface area contributed by atoms with Crippen molar-refractivity contribution in [3.05, 3.63) is 70.9 Å². The van der Waals surface area contributed by atoms with Crippen LogP contribution in [0.3, 0.4) is 0 Å². The first kappa shape index (κ1) is 30.6. The average Bonchev–Trinajstić information content (AvgIpc) is 3.96. The number of aromatic nitrogens is 2. The van der Waals surface area contributed by atoms with Crippen LogP contribution >= 0.6 is 0 Å². The van der Waals surface area contributed by atoms with Gasteiger partial charge in [-0.1, -0.05) is 30.3 Å². The van der Waals surface area contributed by atoms with Gasteiger partial charge >= 0.3 is 12.1 Å². The fraction of sp³-hybridized carbons (Fsp3) is 0.514. The van der Waals surface area contributed by atoms with Crippen molar-refractivity contribution >= 4 is 17.6 Å². The van der Waals surface area contributed by atoms with Gasteiger partial charge in [0.25, 0.3) is 0 Å². The molecule has 11 nitrogen and oxygen atoms in total. The van der Waals surface area contributed by atoms with Gasteiger partial charge in [0.1, 0.15) is 18.2 Å². The summed E-state index contributed by atoms with van der Waals surface area (Å²) in [6.45, 7) is 9.11. The predicted octanol–water partition coefficient (Wildman–Crippen LogP) is 4.40. The molecule has 0 spiro atoms. The van der Waals surface area contributed by atoms with Crippen LogP contribution in [0.2, 0.25) is 0 Å². The number of fused-ring (bicyclic) bond motifs is 1. The number of rotatable bonds is 11. The number of hydrogen-bond donors (Lipinski definition) is 1. The van der Waals surface area contributed by atoms with Crippen LogP contribution < -0.4 is 19.3 Å². The summed E-state index contributed by atoms with van der Waals surface area (Å²) in [5.41, 5.74) is 5.76. The number of nitrogens with zero attached hydrogens (tertiary/aromatic N) is 6. The molecule has 4 heterocycles. The second-order valence-corrected chi connectivity index (χ2v) is 12.6. The molecule has 3 aliphatic heterocycles. The lowest BCUT2D eigenvalue weighted by atomic mass is 10.0. The largest absolute Gasteiger partial charge is 0.489 e. The SMILES string of the molecule is O=C(O)N1CCN(c2nc(OCCCN3CCOCC3)nc3c2CCN(c2cc(OCc4ccccc4)cc(C4CC4)c2)C3)CC1. The first-order valence-corrected chi connectivity index (χ1v) is 16.7. The molecule has 3 aromatic rings. The zero-order valence-corrected chi connectivity index (χ0v) is 26.5. The zero-order valence-electron chi connectivity index (χ0n) is 26.5. The van der Waals surface area contributed by atoms with Gasteiger partial charge in [-0.05, 0) is 54.9 Å². The van der Waals surface area contributed by atoms with E-state index in [1.807, 2.05) is 18.2 Å². The molecule has 1 amide bonds. The highest BCUT2D eigenvalue weighted by molar-refractivity contribution is 5.66. The number of piperazine rings is 1. The fourth-order valence-corrected chi connectivity index (χ4v) is 6.59. The van der Waals surface area contributed by atoms with Gasteiger partial charge in [-0.25, -0.2) is 4.79 Å². The standard InChI is InChI=1S/C35H44N6O5/c42-35(43)40-14-12-39(13-15-40)33-31-9-11-41(24-32(31)36-34(37-33)45-18-4-10-38-16-19-44-20-17-38)29-21-28(27-7-8-27)22-30(23-29)46-25-26-5-2-1-3-6-26/h1-3,5-6,21-23,27H,4,7-20,24-25H2,(H,42,43). The van der Waals surface area contributed by atoms with E-state index in [4.69, 9.17) is 24.2 Å². The summed E-state index contributed by atoms with van der Waals surface area (Å²) < 4.78 is 18.0. The highest BCUT2D eigenvalue weighted by atomic mass is 16.5. The van der Waals surface area contributed by atoms with Crippen LogP contribution in [0.4, 0.5) is 16.3 Å². The van der Waals surface area contributed by atoms with E-state index in [1.54, 1.807) is 0 Å². The third-order valence-electron chi connectivity index (χ3n) is 9.40. The number of ether oxygens (including phenoxy) is 3. The van der Waals surface area contributed by atoms with Gasteiger partial charge < -0.3 is 34.0 Å². The van der Waals surface area contributed by atoms with Crippen molar-refractivity contribution in [2.75, 3.05) is 82.0 Å². The van der Waals surface area contributed by atoms with E-state index in [9.17, 15) is 9.90 Å². The number of hydrogen-bond acceptors (Lipinski definition) is 9. The van der Waals surface area contributed by atoms with E-state index < -0.39 is 6.09 Å². The van der Waals surface area contributed by atoms with Crippen molar-refractivity contribution < 1.29 is 24.1 Å². The summed E-state index contributed by atoms with van der Waals surface area (Å²) >= 11 is 0. The molecule has 1 aromatic heterocycles. The Kier molecular flexibility index (Phi) is 9.39. The Labute approximate surface area is 270 Å². The predicted molar refractivity (Wildman–Crippen MR) is 175 cm³/mol. The highest BCUT2D eigenvalue weighted by Gasteiger charge is 2.30. The Balaban J connectivity index is 1.10. The van der Waals surface area contributed by atoms with Gasteiger partial charge in [-0.2, -0.15) is 9.97 Å². The molecule has 4 aliphatic rings. The molecule has 2 aromatic carbocycles. The van der Waals surface area contributed by atoms with Crippen LogP contribution in [0, 0.1) is 0 Å². The molecule has 0 atom stereocenters. The maximum atomic E-state index is 11.6. The molecule has 0 unspecified atom stereocenters. The average molecular weight is 629 g/mol. The van der Waals surface area contributed by atoms with Crippen molar-refractivity contribution in [2.24, 2.45) is 0 Å². The topological polar surface area (TPSA) is 104 Å². The third kappa shape index (κ3) is 7.47. The van der Waals surface area contributed by atoms with E-state index in [0.29, 0.717) is 57.9 Å². The normalized spacial score (nSPS) is 18.7. The van der Waals surface area contributed by atoms with Gasteiger partial charge in [-0.3, -0.25) is 4.90 Å². The van der Waals surface area contributed by atoms with E-state index in [2.05, 4.69) is 45.0 Å². The van der Waals surface area contributed by atoms with Crippen LogP contribution in [-0.2, 0) is 24.3 Å². The van der Waals surface area contributed by atoms with Gasteiger partial charge in [0.2, 0.25) is 0 Å². The van der Waals surface area contributed by atoms with Crippen molar-refractivity contribution in [2.45, 2.75) is 44.8 Å². The Morgan fingerprint density at radius 3 is 2.48 bits per heavy atom. The lowest BCUT2D eigenvalue weighted by Crippen LogP contribution is -2.49. The van der Waals surface area contributed by atoms with Crippen molar-refractivity contribution in [3.8, 4) is 11.8 Å². The van der Waals surface area contributed by atoms with Crippen LogP contribution in [-0.4, -0.2) is 103 Å². The van der Waals surface area contributed by atoms with E-state index >= 15 is 0 Å². The number of benzene rings is 2. The minimum atomic E-state index is -0.871. The van der Waals surface area contributed by atoms with Crippen molar-refractivity contribution in [1.29, 1.82) is 0 Å². The summed E-state index contributed by atoms with van der Waals surface area (Å²) in [6.07, 6.45) is 3.27. The molecule has 7 rings (SSSR count). The molecule has 0 radical (unpaired) electrons. The maximum Gasteiger partial charge on any atom is 0.407 e. The van der Waals surface area contributed by atoms with Crippen LogP contribution in [0.15, 0.2) is 48.5 Å². The quantitative estimate of drug-likeness (QED) is 0.308. The Morgan fingerprint density at radius 1 is 0.913 bits per heavy atom. The van der Waals surface area contributed by atoms with Crippen LogP contribution in [0.25, 0.3) is 0 Å². The fourth-order valence-electron chi connectivity index (χ4n) is 6.59. The summed E-state index contributed by atoms with van der Waals surface area (Å²) in [6, 6.07) is 17.4. The Hall–Kier alpha value is -4.09. The monoisotopic (exact) mass is 628 g/mol. The highest BCUT2D eigenvalue weighted by Crippen LogP contribution is 2.43. The lowest BCUT2D eigenvalue weighted by Gasteiger charge is -2.37. The number of carboxylic acid groups (broad SMARTS) is 1. The molecule has 2 saturated heterocycles. The first-order chi connectivity index (χ1) is 22.6. The molecule has 11 heteroatoms. The van der Waals surface area contributed by atoms with Crippen molar-refractivity contribution in [3.63, 3.8) is 0 Å². The number of morpholine rings is 1. The van der Waals surface area contributed by atoms with Crippen LogP contribution in [0.1, 0.15) is 47.6 Å². The first-order valence-electron chi connectivity index (χ1n) is 16.7. The second-order valence-electron chi connectivity index (χ2n) is 12.6. The minimum Gasteiger partial charge on any atom is -0.489 e. The van der Waals surface area contributed by atoms with E-state index in [-0.39, 0.29) is 0 Å². The Bertz CT molecular complexity index is 1490. The van der Waals surface area contributed by atoms with Gasteiger partial charge in [0, 0.05) is 69.7 Å². The molecule has 46 heavy (non-hydrogen) atoms. The number of carbonyl (C=O) groups is 1. The molecular formula is C35H44N6O5. The molecule has 1 N–H and O–H groups in total. The van der Waals surface area contributed by atoms with E-state index in [0.717, 1.165) is 86.3 Å². The smallest absolute Gasteiger partial charge is 0.407 e. The maximum absolute atomic E-state index is 11.6. The minimum absolute atomic E-state index is 0.400. The molecule has 0 bridgehead atoms. The summed E-state index contributed by atoms with van der Waals surface area (Å²) in [7, 11) is 0. The van der Waals surface area contributed by atoms with Gasteiger partial charge in [0.15, 0.2) is 0 Å². The second kappa shape index (κ2) is 14.1. The number of anilines is 2. The van der Waals surface area contributed by atoms with Gasteiger partial charge in [-0.15, -0.1) is 0 Å². The van der Waals surface area contributed by atoms with Gasteiger partial charge in [0.05, 0.1) is 32.1 Å². The third-order valence-corrected chi connectivity index (χ3v) is 9.40. The molecule has 1 saturated carbocycles. The Morgan fingerprint density at radius 2 is 1.72 bits per heavy atom.